The van der Waals surface area contributed by atoms with Gasteiger partial charge in [0, 0.05) is 5.54 Å². The molecule has 0 aliphatic heterocycles. The molecule has 0 atom stereocenters. The highest BCUT2D eigenvalue weighted by atomic mass is 32.2. The van der Waals surface area contributed by atoms with Crippen molar-refractivity contribution in [2.75, 3.05) is 12.3 Å². The van der Waals surface area contributed by atoms with Gasteiger partial charge in [-0.2, -0.15) is 5.10 Å². The van der Waals surface area contributed by atoms with Crippen LogP contribution in [-0.2, 0) is 9.59 Å². The maximum Gasteiger partial charge on any atom is 0.239 e. The van der Waals surface area contributed by atoms with Gasteiger partial charge in [-0.05, 0) is 46.8 Å². The third-order valence-electron chi connectivity index (χ3n) is 3.53. The molecule has 1 heterocycles. The van der Waals surface area contributed by atoms with Crippen LogP contribution in [0, 0.1) is 13.8 Å². The van der Waals surface area contributed by atoms with Gasteiger partial charge in [-0.15, -0.1) is 11.8 Å². The molecule has 0 bridgehead atoms. The standard InChI is InChI=1S/C19H26N4O2S/c1-13-18(14(2)23(22-13)15-9-7-6-8-10-15)26-12-17(25)20-11-16(24)21-19(3,4)5/h6-10H,11-12H2,1-5H3,(H,20,25)(H,21,24). The van der Waals surface area contributed by atoms with Gasteiger partial charge in [0.15, 0.2) is 0 Å². The number of nitrogens with one attached hydrogen (secondary N) is 2. The normalized spacial score (nSPS) is 11.3. The fourth-order valence-electron chi connectivity index (χ4n) is 2.49. The van der Waals surface area contributed by atoms with E-state index in [9.17, 15) is 9.59 Å². The van der Waals surface area contributed by atoms with E-state index in [0.29, 0.717) is 0 Å². The third-order valence-corrected chi connectivity index (χ3v) is 4.82. The van der Waals surface area contributed by atoms with Crippen LogP contribution in [0.2, 0.25) is 0 Å². The molecule has 0 saturated heterocycles. The first-order chi connectivity index (χ1) is 12.2. The summed E-state index contributed by atoms with van der Waals surface area (Å²) in [5, 5.41) is 10.0. The Morgan fingerprint density at radius 1 is 1.12 bits per heavy atom. The average molecular weight is 375 g/mol. The largest absolute Gasteiger partial charge is 0.350 e. The van der Waals surface area contributed by atoms with Gasteiger partial charge in [0.05, 0.1) is 34.3 Å². The minimum atomic E-state index is -0.309. The average Bonchev–Trinajstić information content (AvgIpc) is 2.85. The zero-order chi connectivity index (χ0) is 19.3. The molecule has 2 rings (SSSR count). The number of para-hydroxylation sites is 1. The van der Waals surface area contributed by atoms with Crippen LogP contribution in [0.4, 0.5) is 0 Å². The molecule has 0 unspecified atom stereocenters. The lowest BCUT2D eigenvalue weighted by Crippen LogP contribution is -2.46. The fourth-order valence-corrected chi connectivity index (χ4v) is 3.41. The number of nitrogens with zero attached hydrogens (tertiary/aromatic N) is 2. The number of benzene rings is 1. The first-order valence-corrected chi connectivity index (χ1v) is 9.48. The molecule has 26 heavy (non-hydrogen) atoms. The molecule has 0 spiro atoms. The number of hydrogen-bond donors (Lipinski definition) is 2. The van der Waals surface area contributed by atoms with Crippen LogP contribution in [0.25, 0.3) is 5.69 Å². The summed E-state index contributed by atoms with van der Waals surface area (Å²) < 4.78 is 1.88. The lowest BCUT2D eigenvalue weighted by molar-refractivity contribution is -0.125. The summed E-state index contributed by atoms with van der Waals surface area (Å²) in [5.74, 6) is -0.129. The molecule has 0 radical (unpaired) electrons. The first-order valence-electron chi connectivity index (χ1n) is 8.49. The Kier molecular flexibility index (Phi) is 6.47. The molecule has 2 aromatic rings. The molecule has 0 aliphatic carbocycles. The molecule has 6 nitrogen and oxygen atoms in total. The van der Waals surface area contributed by atoms with Crippen molar-refractivity contribution in [3.8, 4) is 5.69 Å². The summed E-state index contributed by atoms with van der Waals surface area (Å²) in [5.41, 5.74) is 2.56. The maximum absolute atomic E-state index is 12.0. The van der Waals surface area contributed by atoms with E-state index >= 15 is 0 Å². The SMILES string of the molecule is Cc1nn(-c2ccccc2)c(C)c1SCC(=O)NCC(=O)NC(C)(C)C. The minimum Gasteiger partial charge on any atom is -0.350 e. The monoisotopic (exact) mass is 374 g/mol. The number of carbonyl (C=O) groups excluding carboxylic acids is 2. The Morgan fingerprint density at radius 3 is 2.38 bits per heavy atom. The van der Waals surface area contributed by atoms with Gasteiger partial charge in [-0.1, -0.05) is 18.2 Å². The van der Waals surface area contributed by atoms with Crippen LogP contribution in [0.3, 0.4) is 0 Å². The lowest BCUT2D eigenvalue weighted by Gasteiger charge is -2.20. The predicted octanol–water partition coefficient (Wildman–Crippen LogP) is 2.61. The summed E-state index contributed by atoms with van der Waals surface area (Å²) in [7, 11) is 0. The second kappa shape index (κ2) is 8.40. The number of thioether (sulfide) groups is 1. The summed E-state index contributed by atoms with van der Waals surface area (Å²) >= 11 is 1.43. The first kappa shape index (κ1) is 20.0. The molecule has 2 amide bonds. The number of aromatic nitrogens is 2. The molecular formula is C19H26N4O2S. The minimum absolute atomic E-state index is 0.0160. The third kappa shape index (κ3) is 5.62. The fraction of sp³-hybridized carbons (Fsp3) is 0.421. The lowest BCUT2D eigenvalue weighted by atomic mass is 10.1. The second-order valence-electron chi connectivity index (χ2n) is 7.11. The number of rotatable bonds is 6. The molecule has 0 saturated carbocycles. The van der Waals surface area contributed by atoms with Crippen molar-refractivity contribution in [1.82, 2.24) is 20.4 Å². The summed E-state index contributed by atoms with van der Waals surface area (Å²) in [4.78, 5) is 24.8. The van der Waals surface area contributed by atoms with Crippen molar-refractivity contribution in [1.29, 1.82) is 0 Å². The molecule has 7 heteroatoms. The highest BCUT2D eigenvalue weighted by Gasteiger charge is 2.16. The zero-order valence-corrected chi connectivity index (χ0v) is 16.7. The van der Waals surface area contributed by atoms with Crippen LogP contribution in [0.5, 0.6) is 0 Å². The molecule has 1 aromatic carbocycles. The van der Waals surface area contributed by atoms with Crippen LogP contribution in [-0.4, -0.2) is 39.4 Å². The van der Waals surface area contributed by atoms with Gasteiger partial charge in [-0.25, -0.2) is 4.68 Å². The van der Waals surface area contributed by atoms with Gasteiger partial charge in [0.2, 0.25) is 11.8 Å². The van der Waals surface area contributed by atoms with E-state index in [4.69, 9.17) is 0 Å². The Morgan fingerprint density at radius 2 is 1.77 bits per heavy atom. The number of carbonyl (C=O) groups is 2. The Labute approximate surface area is 158 Å². The van der Waals surface area contributed by atoms with Crippen molar-refractivity contribution in [3.63, 3.8) is 0 Å². The van der Waals surface area contributed by atoms with Gasteiger partial charge in [0.25, 0.3) is 0 Å². The van der Waals surface area contributed by atoms with E-state index in [0.717, 1.165) is 22.0 Å². The van der Waals surface area contributed by atoms with Crippen LogP contribution < -0.4 is 10.6 Å². The van der Waals surface area contributed by atoms with Gasteiger partial charge >= 0.3 is 0 Å². The smallest absolute Gasteiger partial charge is 0.239 e. The van der Waals surface area contributed by atoms with Crippen molar-refractivity contribution in [2.45, 2.75) is 45.1 Å². The molecular weight excluding hydrogens is 348 g/mol. The quantitative estimate of drug-likeness (QED) is 0.762. The summed E-state index contributed by atoms with van der Waals surface area (Å²) in [6.45, 7) is 9.61. The van der Waals surface area contributed by atoms with E-state index in [1.54, 1.807) is 0 Å². The van der Waals surface area contributed by atoms with Crippen LogP contribution in [0.15, 0.2) is 35.2 Å². The summed E-state index contributed by atoms with van der Waals surface area (Å²) in [6.07, 6.45) is 0. The topological polar surface area (TPSA) is 76.0 Å². The van der Waals surface area contributed by atoms with E-state index in [-0.39, 0.29) is 29.7 Å². The van der Waals surface area contributed by atoms with E-state index in [1.165, 1.54) is 11.8 Å². The van der Waals surface area contributed by atoms with Crippen molar-refractivity contribution in [3.05, 3.63) is 41.7 Å². The molecule has 1 aromatic heterocycles. The van der Waals surface area contributed by atoms with E-state index < -0.39 is 0 Å². The zero-order valence-electron chi connectivity index (χ0n) is 15.9. The predicted molar refractivity (Wildman–Crippen MR) is 105 cm³/mol. The van der Waals surface area contributed by atoms with E-state index in [1.807, 2.05) is 69.6 Å². The highest BCUT2D eigenvalue weighted by Crippen LogP contribution is 2.27. The Bertz CT molecular complexity index is 779. The molecule has 2 N–H and O–H groups in total. The molecule has 0 fully saturated rings. The van der Waals surface area contributed by atoms with Crippen LogP contribution in [0.1, 0.15) is 32.2 Å². The van der Waals surface area contributed by atoms with Gasteiger partial charge in [-0.3, -0.25) is 9.59 Å². The number of aryl methyl sites for hydroxylation is 1. The van der Waals surface area contributed by atoms with Crippen LogP contribution >= 0.6 is 11.8 Å². The highest BCUT2D eigenvalue weighted by molar-refractivity contribution is 8.00. The van der Waals surface area contributed by atoms with E-state index in [2.05, 4.69) is 15.7 Å². The van der Waals surface area contributed by atoms with Crippen molar-refractivity contribution in [2.24, 2.45) is 0 Å². The van der Waals surface area contributed by atoms with Gasteiger partial charge in [0.1, 0.15) is 0 Å². The van der Waals surface area contributed by atoms with Crippen molar-refractivity contribution < 1.29 is 9.59 Å². The van der Waals surface area contributed by atoms with Crippen molar-refractivity contribution >= 4 is 23.6 Å². The van der Waals surface area contributed by atoms with Gasteiger partial charge < -0.3 is 10.6 Å². The Balaban J connectivity index is 1.93. The molecule has 140 valence electrons. The Hall–Kier alpha value is -2.28. The molecule has 0 aliphatic rings. The number of hydrogen-bond acceptors (Lipinski definition) is 4. The number of amides is 2. The second-order valence-corrected chi connectivity index (χ2v) is 8.10. The summed E-state index contributed by atoms with van der Waals surface area (Å²) in [6, 6.07) is 9.89. The maximum atomic E-state index is 12.0.